The van der Waals surface area contributed by atoms with Crippen molar-refractivity contribution in [1.29, 1.82) is 5.26 Å². The van der Waals surface area contributed by atoms with Crippen LogP contribution in [-0.4, -0.2) is 60.8 Å². The van der Waals surface area contributed by atoms with Gasteiger partial charge < -0.3 is 4.74 Å². The monoisotopic (exact) mass is 263 g/mol. The number of ether oxygens (including phenoxy) is 1. The fourth-order valence-electron chi connectivity index (χ4n) is 3.93. The lowest BCUT2D eigenvalue weighted by molar-refractivity contribution is -0.0506. The summed E-state index contributed by atoms with van der Waals surface area (Å²) in [5.41, 5.74) is 0.271. The van der Waals surface area contributed by atoms with Crippen LogP contribution in [0.25, 0.3) is 0 Å². The van der Waals surface area contributed by atoms with E-state index in [-0.39, 0.29) is 5.60 Å². The van der Waals surface area contributed by atoms with Crippen molar-refractivity contribution in [3.8, 4) is 6.07 Å². The topological polar surface area (TPSA) is 39.5 Å². The average molecular weight is 263 g/mol. The molecule has 0 amide bonds. The maximum Gasteiger partial charge on any atom is 0.0866 e. The van der Waals surface area contributed by atoms with Gasteiger partial charge in [0.05, 0.1) is 24.3 Å². The average Bonchev–Trinajstić information content (AvgIpc) is 3.03. The summed E-state index contributed by atoms with van der Waals surface area (Å²) in [6, 6.07) is 2.24. The van der Waals surface area contributed by atoms with Gasteiger partial charge in [-0.25, -0.2) is 0 Å². The minimum atomic E-state index is 0.271. The van der Waals surface area contributed by atoms with Gasteiger partial charge >= 0.3 is 0 Å². The fraction of sp³-hybridized carbons (Fsp3) is 0.933. The summed E-state index contributed by atoms with van der Waals surface area (Å²) in [5, 5.41) is 8.71. The van der Waals surface area contributed by atoms with Gasteiger partial charge in [0, 0.05) is 32.7 Å². The molecule has 1 atom stereocenters. The van der Waals surface area contributed by atoms with Crippen LogP contribution in [0.15, 0.2) is 0 Å². The SMILES string of the molecule is N#CCN1CCN(CC2CCC3(CCCC3)O2)CC1. The van der Waals surface area contributed by atoms with Crippen LogP contribution in [0.3, 0.4) is 0 Å². The lowest BCUT2D eigenvalue weighted by atomic mass is 9.98. The number of nitriles is 1. The maximum atomic E-state index is 8.71. The van der Waals surface area contributed by atoms with Crippen molar-refractivity contribution < 1.29 is 4.74 Å². The van der Waals surface area contributed by atoms with Gasteiger partial charge in [0.1, 0.15) is 0 Å². The van der Waals surface area contributed by atoms with Crippen molar-refractivity contribution >= 4 is 0 Å². The van der Waals surface area contributed by atoms with E-state index < -0.39 is 0 Å². The van der Waals surface area contributed by atoms with Gasteiger partial charge in [-0.15, -0.1) is 0 Å². The third-order valence-corrected chi connectivity index (χ3v) is 5.07. The Labute approximate surface area is 116 Å². The third-order valence-electron chi connectivity index (χ3n) is 5.07. The lowest BCUT2D eigenvalue weighted by Crippen LogP contribution is -2.48. The molecule has 1 aliphatic carbocycles. The molecule has 0 N–H and O–H groups in total. The molecular weight excluding hydrogens is 238 g/mol. The molecule has 0 radical (unpaired) electrons. The fourth-order valence-corrected chi connectivity index (χ4v) is 3.93. The van der Waals surface area contributed by atoms with E-state index in [0.717, 1.165) is 32.7 Å². The zero-order valence-corrected chi connectivity index (χ0v) is 11.8. The number of piperazine rings is 1. The smallest absolute Gasteiger partial charge is 0.0866 e. The van der Waals surface area contributed by atoms with Crippen LogP contribution in [0.5, 0.6) is 0 Å². The summed E-state index contributed by atoms with van der Waals surface area (Å²) < 4.78 is 6.38. The van der Waals surface area contributed by atoms with Crippen LogP contribution in [0, 0.1) is 11.3 Å². The van der Waals surface area contributed by atoms with Crippen LogP contribution in [0.4, 0.5) is 0 Å². The normalized spacial score (nSPS) is 31.8. The zero-order valence-electron chi connectivity index (χ0n) is 11.8. The van der Waals surface area contributed by atoms with Crippen LogP contribution in [-0.2, 0) is 4.74 Å². The van der Waals surface area contributed by atoms with Crippen LogP contribution < -0.4 is 0 Å². The summed E-state index contributed by atoms with van der Waals surface area (Å²) in [5.74, 6) is 0. The van der Waals surface area contributed by atoms with Crippen LogP contribution in [0.2, 0.25) is 0 Å². The Morgan fingerprint density at radius 1 is 1.05 bits per heavy atom. The van der Waals surface area contributed by atoms with Crippen molar-refractivity contribution in [1.82, 2.24) is 9.80 Å². The summed E-state index contributed by atoms with van der Waals surface area (Å²) in [4.78, 5) is 4.76. The van der Waals surface area contributed by atoms with Crippen molar-refractivity contribution in [3.05, 3.63) is 0 Å². The number of nitrogens with zero attached hydrogens (tertiary/aromatic N) is 3. The Balaban J connectivity index is 1.42. The highest BCUT2D eigenvalue weighted by Crippen LogP contribution is 2.43. The minimum Gasteiger partial charge on any atom is -0.370 e. The molecule has 4 heteroatoms. The highest BCUT2D eigenvalue weighted by molar-refractivity contribution is 4.94. The van der Waals surface area contributed by atoms with E-state index in [1.165, 1.54) is 38.5 Å². The third kappa shape index (κ3) is 3.10. The first-order valence-corrected chi connectivity index (χ1v) is 7.79. The molecule has 2 heterocycles. The molecule has 1 spiro atoms. The first-order chi connectivity index (χ1) is 9.30. The molecule has 2 aliphatic heterocycles. The van der Waals surface area contributed by atoms with E-state index in [1.807, 2.05) is 0 Å². The maximum absolute atomic E-state index is 8.71. The van der Waals surface area contributed by atoms with Crippen molar-refractivity contribution in [2.24, 2.45) is 0 Å². The van der Waals surface area contributed by atoms with Crippen molar-refractivity contribution in [3.63, 3.8) is 0 Å². The number of hydrogen-bond acceptors (Lipinski definition) is 4. The van der Waals surface area contributed by atoms with E-state index >= 15 is 0 Å². The molecule has 19 heavy (non-hydrogen) atoms. The standard InChI is InChI=1S/C15H25N3O/c16-7-8-17-9-11-18(12-10-17)13-14-3-6-15(19-14)4-1-2-5-15/h14H,1-6,8-13H2. The zero-order chi connectivity index (χ0) is 13.1. The Morgan fingerprint density at radius 3 is 2.42 bits per heavy atom. The van der Waals surface area contributed by atoms with Gasteiger partial charge in [0.25, 0.3) is 0 Å². The molecule has 1 saturated carbocycles. The second-order valence-corrected chi connectivity index (χ2v) is 6.40. The summed E-state index contributed by atoms with van der Waals surface area (Å²) in [6.07, 6.45) is 8.29. The van der Waals surface area contributed by atoms with Crippen molar-refractivity contribution in [2.75, 3.05) is 39.3 Å². The minimum absolute atomic E-state index is 0.271. The highest BCUT2D eigenvalue weighted by Gasteiger charge is 2.42. The molecule has 0 aromatic carbocycles. The second kappa shape index (κ2) is 5.78. The Bertz CT molecular complexity index is 338. The summed E-state index contributed by atoms with van der Waals surface area (Å²) >= 11 is 0. The molecule has 3 rings (SSSR count). The molecule has 4 nitrogen and oxygen atoms in total. The lowest BCUT2D eigenvalue weighted by Gasteiger charge is -2.35. The number of hydrogen-bond donors (Lipinski definition) is 0. The van der Waals surface area contributed by atoms with Gasteiger partial charge in [0.15, 0.2) is 0 Å². The second-order valence-electron chi connectivity index (χ2n) is 6.40. The molecule has 2 saturated heterocycles. The van der Waals surface area contributed by atoms with Crippen LogP contribution in [0.1, 0.15) is 38.5 Å². The molecule has 1 unspecified atom stereocenters. The Kier molecular flexibility index (Phi) is 4.07. The first-order valence-electron chi connectivity index (χ1n) is 7.79. The quantitative estimate of drug-likeness (QED) is 0.725. The molecular formula is C15H25N3O. The first kappa shape index (κ1) is 13.4. The van der Waals surface area contributed by atoms with Gasteiger partial charge in [-0.05, 0) is 25.7 Å². The number of rotatable bonds is 3. The van der Waals surface area contributed by atoms with Gasteiger partial charge in [-0.1, -0.05) is 12.8 Å². The molecule has 3 aliphatic rings. The predicted octanol–water partition coefficient (Wildman–Crippen LogP) is 1.62. The van der Waals surface area contributed by atoms with Crippen LogP contribution >= 0.6 is 0 Å². The van der Waals surface area contributed by atoms with Gasteiger partial charge in [0.2, 0.25) is 0 Å². The summed E-state index contributed by atoms with van der Waals surface area (Å²) in [7, 11) is 0. The molecule has 0 aromatic rings. The molecule has 0 bridgehead atoms. The Hall–Kier alpha value is -0.630. The van der Waals surface area contributed by atoms with E-state index in [2.05, 4.69) is 15.9 Å². The van der Waals surface area contributed by atoms with E-state index in [1.54, 1.807) is 0 Å². The van der Waals surface area contributed by atoms with E-state index in [4.69, 9.17) is 10.00 Å². The molecule has 3 fully saturated rings. The van der Waals surface area contributed by atoms with E-state index in [0.29, 0.717) is 12.6 Å². The Morgan fingerprint density at radius 2 is 1.74 bits per heavy atom. The van der Waals surface area contributed by atoms with Gasteiger partial charge in [-0.2, -0.15) is 5.26 Å². The van der Waals surface area contributed by atoms with Gasteiger partial charge in [-0.3, -0.25) is 9.80 Å². The molecule has 0 aromatic heterocycles. The largest absolute Gasteiger partial charge is 0.370 e. The molecule has 106 valence electrons. The van der Waals surface area contributed by atoms with E-state index in [9.17, 15) is 0 Å². The summed E-state index contributed by atoms with van der Waals surface area (Å²) in [6.45, 7) is 5.93. The predicted molar refractivity (Wildman–Crippen MR) is 73.8 cm³/mol. The highest BCUT2D eigenvalue weighted by atomic mass is 16.5. The van der Waals surface area contributed by atoms with Crippen molar-refractivity contribution in [2.45, 2.75) is 50.2 Å².